The highest BCUT2D eigenvalue weighted by Crippen LogP contribution is 2.38. The molecule has 29 heavy (non-hydrogen) atoms. The monoisotopic (exact) mass is 388 g/mol. The average molecular weight is 388 g/mol. The SMILES string of the molecule is N#Cc1cc(-c2ccc3sc4ccc(-c5ccnc(C#N)c5)cc4c3c2)ccn1. The highest BCUT2D eigenvalue weighted by molar-refractivity contribution is 7.25. The molecule has 0 spiro atoms. The molecule has 0 aliphatic rings. The second-order valence-corrected chi connectivity index (χ2v) is 7.69. The molecule has 0 saturated carbocycles. The minimum atomic E-state index is 0.408. The maximum atomic E-state index is 9.13. The standard InChI is InChI=1S/C24H12N4S/c25-13-19-9-17(5-7-27-19)15-1-3-23-21(11-15)22-12-16(2-4-24(22)29-23)18-6-8-28-20(10-18)14-26/h1-12H. The van der Waals surface area contributed by atoms with Gasteiger partial charge in [-0.3, -0.25) is 0 Å². The number of fused-ring (bicyclic) bond motifs is 3. The molecule has 0 fully saturated rings. The zero-order valence-electron chi connectivity index (χ0n) is 15.1. The summed E-state index contributed by atoms with van der Waals surface area (Å²) < 4.78 is 2.42. The highest BCUT2D eigenvalue weighted by Gasteiger charge is 2.10. The Balaban J connectivity index is 1.69. The second kappa shape index (κ2) is 6.83. The zero-order chi connectivity index (χ0) is 19.8. The fraction of sp³-hybridized carbons (Fsp3) is 0. The summed E-state index contributed by atoms with van der Waals surface area (Å²) in [7, 11) is 0. The zero-order valence-corrected chi connectivity index (χ0v) is 15.9. The van der Waals surface area contributed by atoms with Gasteiger partial charge < -0.3 is 0 Å². The summed E-state index contributed by atoms with van der Waals surface area (Å²) >= 11 is 1.76. The Labute approximate surface area is 171 Å². The molecule has 0 unspecified atom stereocenters. The summed E-state index contributed by atoms with van der Waals surface area (Å²) in [5, 5.41) is 20.6. The molecule has 0 bridgehead atoms. The van der Waals surface area contributed by atoms with E-state index < -0.39 is 0 Å². The van der Waals surface area contributed by atoms with Crippen molar-refractivity contribution in [1.82, 2.24) is 9.97 Å². The van der Waals surface area contributed by atoms with Crippen molar-refractivity contribution in [2.45, 2.75) is 0 Å². The first-order valence-electron chi connectivity index (χ1n) is 8.94. The van der Waals surface area contributed by atoms with Crippen LogP contribution in [0.3, 0.4) is 0 Å². The minimum absolute atomic E-state index is 0.408. The Morgan fingerprint density at radius 1 is 0.586 bits per heavy atom. The van der Waals surface area contributed by atoms with Crippen LogP contribution >= 0.6 is 11.3 Å². The minimum Gasteiger partial charge on any atom is -0.246 e. The highest BCUT2D eigenvalue weighted by atomic mass is 32.1. The van der Waals surface area contributed by atoms with E-state index in [4.69, 9.17) is 10.5 Å². The molecule has 0 aliphatic heterocycles. The molecule has 134 valence electrons. The van der Waals surface area contributed by atoms with Crippen LogP contribution in [0.25, 0.3) is 42.4 Å². The van der Waals surface area contributed by atoms with Crippen LogP contribution in [0.4, 0.5) is 0 Å². The molecule has 0 amide bonds. The number of nitrogens with zero attached hydrogens (tertiary/aromatic N) is 4. The molecular weight excluding hydrogens is 376 g/mol. The van der Waals surface area contributed by atoms with Gasteiger partial charge in [0, 0.05) is 32.6 Å². The first-order chi connectivity index (χ1) is 14.2. The van der Waals surface area contributed by atoms with Crippen molar-refractivity contribution in [2.75, 3.05) is 0 Å². The van der Waals surface area contributed by atoms with E-state index in [2.05, 4.69) is 58.5 Å². The van der Waals surface area contributed by atoms with Crippen molar-refractivity contribution < 1.29 is 0 Å². The molecule has 0 N–H and O–H groups in total. The normalized spacial score (nSPS) is 10.7. The van der Waals surface area contributed by atoms with Crippen molar-refractivity contribution in [1.29, 1.82) is 10.5 Å². The molecule has 0 saturated heterocycles. The summed E-state index contributed by atoms with van der Waals surface area (Å²) in [4.78, 5) is 8.12. The van der Waals surface area contributed by atoms with E-state index in [9.17, 15) is 0 Å². The third-order valence-corrected chi connectivity index (χ3v) is 6.04. The molecule has 2 aromatic carbocycles. The smallest absolute Gasteiger partial charge is 0.141 e. The van der Waals surface area contributed by atoms with Gasteiger partial charge in [-0.25, -0.2) is 9.97 Å². The van der Waals surface area contributed by atoms with E-state index in [1.165, 1.54) is 20.2 Å². The largest absolute Gasteiger partial charge is 0.246 e. The van der Waals surface area contributed by atoms with E-state index in [1.807, 2.05) is 24.3 Å². The fourth-order valence-corrected chi connectivity index (χ4v) is 4.55. The van der Waals surface area contributed by atoms with E-state index in [0.29, 0.717) is 11.4 Å². The number of pyridine rings is 2. The van der Waals surface area contributed by atoms with Crippen LogP contribution in [0.15, 0.2) is 73.1 Å². The lowest BCUT2D eigenvalue weighted by molar-refractivity contribution is 1.26. The lowest BCUT2D eigenvalue weighted by atomic mass is 10.0. The molecule has 3 aromatic heterocycles. The molecule has 5 aromatic rings. The summed E-state index contributed by atoms with van der Waals surface area (Å²) in [6.45, 7) is 0. The van der Waals surface area contributed by atoms with E-state index >= 15 is 0 Å². The lowest BCUT2D eigenvalue weighted by Crippen LogP contribution is -1.84. The maximum absolute atomic E-state index is 9.13. The van der Waals surface area contributed by atoms with Gasteiger partial charge in [-0.05, 0) is 70.8 Å². The van der Waals surface area contributed by atoms with Gasteiger partial charge in [0.1, 0.15) is 23.5 Å². The Bertz CT molecular complexity index is 1370. The Morgan fingerprint density at radius 3 is 1.48 bits per heavy atom. The first kappa shape index (κ1) is 17.1. The Morgan fingerprint density at radius 2 is 1.03 bits per heavy atom. The lowest BCUT2D eigenvalue weighted by Gasteiger charge is -2.04. The molecular formula is C24H12N4S. The van der Waals surface area contributed by atoms with Crippen LogP contribution in [0.5, 0.6) is 0 Å². The quantitative estimate of drug-likeness (QED) is 0.376. The van der Waals surface area contributed by atoms with Crippen molar-refractivity contribution in [3.8, 4) is 34.4 Å². The average Bonchev–Trinajstić information content (AvgIpc) is 3.16. The van der Waals surface area contributed by atoms with Gasteiger partial charge in [-0.1, -0.05) is 12.1 Å². The van der Waals surface area contributed by atoms with Crippen LogP contribution in [0, 0.1) is 22.7 Å². The molecule has 5 heteroatoms. The van der Waals surface area contributed by atoms with Crippen LogP contribution in [-0.4, -0.2) is 9.97 Å². The van der Waals surface area contributed by atoms with Gasteiger partial charge in [0.15, 0.2) is 0 Å². The number of benzene rings is 2. The van der Waals surface area contributed by atoms with Crippen LogP contribution < -0.4 is 0 Å². The predicted octanol–water partition coefficient (Wildman–Crippen LogP) is 5.92. The fourth-order valence-electron chi connectivity index (χ4n) is 3.48. The van der Waals surface area contributed by atoms with Gasteiger partial charge in [0.25, 0.3) is 0 Å². The Hall–Kier alpha value is -4.06. The molecule has 0 atom stereocenters. The summed E-state index contributed by atoms with van der Waals surface area (Å²) in [6, 6.07) is 24.4. The summed E-state index contributed by atoms with van der Waals surface area (Å²) in [5.74, 6) is 0. The topological polar surface area (TPSA) is 73.4 Å². The third-order valence-electron chi connectivity index (χ3n) is 4.88. The summed E-state index contributed by atoms with van der Waals surface area (Å²) in [5.41, 5.74) is 4.87. The number of hydrogen-bond donors (Lipinski definition) is 0. The van der Waals surface area contributed by atoms with Gasteiger partial charge >= 0.3 is 0 Å². The van der Waals surface area contributed by atoms with Crippen LogP contribution in [-0.2, 0) is 0 Å². The molecule has 0 radical (unpaired) electrons. The van der Waals surface area contributed by atoms with Gasteiger partial charge in [-0.15, -0.1) is 11.3 Å². The van der Waals surface area contributed by atoms with Crippen molar-refractivity contribution in [3.63, 3.8) is 0 Å². The number of aromatic nitrogens is 2. The maximum Gasteiger partial charge on any atom is 0.141 e. The number of nitriles is 2. The van der Waals surface area contributed by atoms with E-state index in [1.54, 1.807) is 23.7 Å². The molecule has 0 aliphatic carbocycles. The second-order valence-electron chi connectivity index (χ2n) is 6.61. The van der Waals surface area contributed by atoms with Crippen molar-refractivity contribution >= 4 is 31.5 Å². The van der Waals surface area contributed by atoms with Gasteiger partial charge in [0.05, 0.1) is 0 Å². The van der Waals surface area contributed by atoms with Gasteiger partial charge in [0.2, 0.25) is 0 Å². The van der Waals surface area contributed by atoms with Crippen LogP contribution in [0.1, 0.15) is 11.4 Å². The van der Waals surface area contributed by atoms with Gasteiger partial charge in [-0.2, -0.15) is 10.5 Å². The van der Waals surface area contributed by atoms with Crippen molar-refractivity contribution in [3.05, 3.63) is 84.4 Å². The Kier molecular flexibility index (Phi) is 4.02. The first-order valence-corrected chi connectivity index (χ1v) is 9.76. The molecule has 3 heterocycles. The number of rotatable bonds is 2. The van der Waals surface area contributed by atoms with Crippen LogP contribution in [0.2, 0.25) is 0 Å². The number of hydrogen-bond acceptors (Lipinski definition) is 5. The molecule has 5 rings (SSSR count). The molecule has 4 nitrogen and oxygen atoms in total. The number of thiophene rings is 1. The van der Waals surface area contributed by atoms with E-state index in [-0.39, 0.29) is 0 Å². The van der Waals surface area contributed by atoms with Crippen molar-refractivity contribution in [2.24, 2.45) is 0 Å². The summed E-state index contributed by atoms with van der Waals surface area (Å²) in [6.07, 6.45) is 3.33. The van der Waals surface area contributed by atoms with E-state index in [0.717, 1.165) is 22.3 Å². The third kappa shape index (κ3) is 3.00. The predicted molar refractivity (Wildman–Crippen MR) is 115 cm³/mol.